The zero-order chi connectivity index (χ0) is 23.1. The Morgan fingerprint density at radius 2 is 1.71 bits per heavy atom. The van der Waals surface area contributed by atoms with E-state index in [1.54, 1.807) is 6.20 Å². The molecule has 35 heavy (non-hydrogen) atoms. The van der Waals surface area contributed by atoms with Gasteiger partial charge in [-0.15, -0.1) is 64.9 Å². The van der Waals surface area contributed by atoms with Gasteiger partial charge in [-0.2, -0.15) is 0 Å². The van der Waals surface area contributed by atoms with E-state index in [9.17, 15) is 0 Å². The third-order valence-corrected chi connectivity index (χ3v) is 6.17. The Morgan fingerprint density at radius 3 is 2.51 bits per heavy atom. The first-order valence-electron chi connectivity index (χ1n) is 11.2. The number of anilines is 2. The summed E-state index contributed by atoms with van der Waals surface area (Å²) in [6.45, 7) is 0. The number of aromatic nitrogens is 1. The summed E-state index contributed by atoms with van der Waals surface area (Å²) >= 11 is 0. The van der Waals surface area contributed by atoms with Crippen LogP contribution in [0, 0.1) is 12.1 Å². The molecular formula is C30H22IrN4. The predicted molar refractivity (Wildman–Crippen MR) is 138 cm³/mol. The van der Waals surface area contributed by atoms with Gasteiger partial charge in [0.15, 0.2) is 12.7 Å². The fourth-order valence-corrected chi connectivity index (χ4v) is 4.48. The van der Waals surface area contributed by atoms with E-state index in [-0.39, 0.29) is 20.1 Å². The van der Waals surface area contributed by atoms with Crippen LogP contribution in [0.1, 0.15) is 0 Å². The molecule has 0 N–H and O–H groups in total. The van der Waals surface area contributed by atoms with Gasteiger partial charge in [-0.3, -0.25) is 0 Å². The number of rotatable bonds is 1. The molecule has 0 saturated heterocycles. The Balaban J connectivity index is 0.000000167. The van der Waals surface area contributed by atoms with Crippen LogP contribution in [0.5, 0.6) is 0 Å². The normalized spacial score (nSPS) is 12.5. The zero-order valence-electron chi connectivity index (χ0n) is 19.4. The minimum Gasteiger partial charge on any atom is -0.373 e. The van der Waals surface area contributed by atoms with E-state index in [1.807, 2.05) is 54.1 Å². The van der Waals surface area contributed by atoms with Crippen molar-refractivity contribution in [1.29, 1.82) is 0 Å². The number of hydrogen-bond acceptors (Lipinski definition) is 2. The van der Waals surface area contributed by atoms with Crippen LogP contribution in [0.25, 0.3) is 22.0 Å². The summed E-state index contributed by atoms with van der Waals surface area (Å²) in [6, 6.07) is 40.8. The fraction of sp³-hybridized carbons (Fsp3) is 0.0667. The third kappa shape index (κ3) is 4.00. The standard InChI is InChI=1S/C19H14N3.C11H8N.Ir/c1-20-12-22-18-11-14-7-4-3-6-13(14)10-17(18)21(2)16-9-5-8-15(20)19(16)22;1-2-6-10(7-3-1)11-8-4-5-9-12-11;/h3-10H,1-2H3;1-6,8-9H;/q+1;-1;. The van der Waals surface area contributed by atoms with Crippen molar-refractivity contribution in [2.45, 2.75) is 0 Å². The SMILES string of the molecule is CN1c2cc3ccccc3[c-]c2[N+]2=C=[N+](C)c3cccc1c32.[Ir].[c-]1ccccc1-c1ccccn1. The number of benzene rings is 4. The Bertz CT molecular complexity index is 1570. The van der Waals surface area contributed by atoms with Gasteiger partial charge in [0, 0.05) is 45.1 Å². The van der Waals surface area contributed by atoms with Gasteiger partial charge in [0.2, 0.25) is 0 Å². The van der Waals surface area contributed by atoms with E-state index >= 15 is 0 Å². The molecule has 7 rings (SSSR count). The Kier molecular flexibility index (Phi) is 6.15. The number of pyridine rings is 1. The molecule has 0 amide bonds. The van der Waals surface area contributed by atoms with Gasteiger partial charge in [-0.05, 0) is 17.8 Å². The topological polar surface area (TPSA) is 22.1 Å². The van der Waals surface area contributed by atoms with Crippen LogP contribution in [0.3, 0.4) is 0 Å². The van der Waals surface area contributed by atoms with Crippen molar-refractivity contribution in [2.24, 2.45) is 0 Å². The molecule has 2 aliphatic rings. The fourth-order valence-electron chi connectivity index (χ4n) is 4.48. The molecule has 0 atom stereocenters. The molecule has 1 radical (unpaired) electrons. The molecule has 1 aromatic heterocycles. The second-order valence-corrected chi connectivity index (χ2v) is 8.28. The van der Waals surface area contributed by atoms with Gasteiger partial charge in [0.05, 0.1) is 0 Å². The number of para-hydroxylation sites is 1. The molecule has 0 bridgehead atoms. The van der Waals surface area contributed by atoms with Crippen molar-refractivity contribution >= 4 is 45.2 Å². The molecule has 0 unspecified atom stereocenters. The van der Waals surface area contributed by atoms with Crippen molar-refractivity contribution in [3.05, 3.63) is 109 Å². The molecule has 0 saturated carbocycles. The molecule has 4 aromatic carbocycles. The molecule has 171 valence electrons. The van der Waals surface area contributed by atoms with Crippen molar-refractivity contribution in [1.82, 2.24) is 9.56 Å². The minimum absolute atomic E-state index is 0. The maximum Gasteiger partial charge on any atom is 0.494 e. The molecule has 5 heteroatoms. The van der Waals surface area contributed by atoms with Crippen molar-refractivity contribution in [3.63, 3.8) is 0 Å². The minimum atomic E-state index is 0. The number of nitrogens with zero attached hydrogens (tertiary/aromatic N) is 4. The summed E-state index contributed by atoms with van der Waals surface area (Å²) < 4.78 is 4.18. The average molecular weight is 631 g/mol. The first-order chi connectivity index (χ1) is 16.7. The van der Waals surface area contributed by atoms with E-state index < -0.39 is 0 Å². The van der Waals surface area contributed by atoms with Crippen molar-refractivity contribution in [3.8, 4) is 11.3 Å². The number of fused-ring (bicyclic) bond motifs is 3. The summed E-state index contributed by atoms with van der Waals surface area (Å²) in [4.78, 5) is 6.46. The van der Waals surface area contributed by atoms with Crippen molar-refractivity contribution < 1.29 is 24.7 Å². The maximum absolute atomic E-state index is 4.22. The van der Waals surface area contributed by atoms with Gasteiger partial charge in [0.25, 0.3) is 5.69 Å². The summed E-state index contributed by atoms with van der Waals surface area (Å²) in [5, 5.41) is 2.34. The molecule has 3 heterocycles. The van der Waals surface area contributed by atoms with Crippen molar-refractivity contribution in [2.75, 3.05) is 19.0 Å². The van der Waals surface area contributed by atoms with Crippen LogP contribution >= 0.6 is 0 Å². The predicted octanol–water partition coefficient (Wildman–Crippen LogP) is 6.56. The van der Waals surface area contributed by atoms with Gasteiger partial charge in [-0.25, -0.2) is 0 Å². The summed E-state index contributed by atoms with van der Waals surface area (Å²) in [5.74, 6) is 0. The number of hydrogen-bond donors (Lipinski definition) is 0. The first-order valence-corrected chi connectivity index (χ1v) is 11.2. The van der Waals surface area contributed by atoms with Gasteiger partial charge >= 0.3 is 11.7 Å². The summed E-state index contributed by atoms with van der Waals surface area (Å²) in [6.07, 6.45) is 1.79. The Hall–Kier alpha value is -3.88. The summed E-state index contributed by atoms with van der Waals surface area (Å²) in [5.41, 5.74) is 7.79. The second kappa shape index (κ2) is 9.40. The zero-order valence-corrected chi connectivity index (χ0v) is 21.8. The van der Waals surface area contributed by atoms with Crippen LogP contribution in [-0.4, -0.2) is 29.7 Å². The van der Waals surface area contributed by atoms with Gasteiger partial charge in [-0.1, -0.05) is 45.5 Å². The van der Waals surface area contributed by atoms with Crippen LogP contribution in [0.2, 0.25) is 0 Å². The summed E-state index contributed by atoms with van der Waals surface area (Å²) in [7, 11) is 4.15. The van der Waals surface area contributed by atoms with Crippen LogP contribution in [0.4, 0.5) is 28.4 Å². The van der Waals surface area contributed by atoms with Crippen LogP contribution < -0.4 is 9.48 Å². The Morgan fingerprint density at radius 1 is 0.886 bits per heavy atom. The molecule has 0 fully saturated rings. The molecule has 0 aliphatic carbocycles. The van der Waals surface area contributed by atoms with Gasteiger partial charge < -0.3 is 9.88 Å². The first kappa shape index (κ1) is 22.9. The quantitative estimate of drug-likeness (QED) is 0.155. The van der Waals surface area contributed by atoms with E-state index in [4.69, 9.17) is 0 Å². The molecular weight excluding hydrogens is 609 g/mol. The smallest absolute Gasteiger partial charge is 0.373 e. The average Bonchev–Trinajstić information content (AvgIpc) is 3.25. The molecule has 5 aromatic rings. The van der Waals surface area contributed by atoms with Gasteiger partial charge in [0.1, 0.15) is 5.69 Å². The van der Waals surface area contributed by atoms with E-state index in [1.165, 1.54) is 22.4 Å². The van der Waals surface area contributed by atoms with E-state index in [2.05, 4.69) is 88.2 Å². The van der Waals surface area contributed by atoms with Crippen LogP contribution in [0.15, 0.2) is 97.2 Å². The second-order valence-electron chi connectivity index (χ2n) is 8.28. The van der Waals surface area contributed by atoms with E-state index in [0.29, 0.717) is 0 Å². The molecule has 2 aliphatic heterocycles. The maximum atomic E-state index is 4.22. The molecule has 4 nitrogen and oxygen atoms in total. The third-order valence-electron chi connectivity index (χ3n) is 6.17. The Labute approximate surface area is 218 Å². The van der Waals surface area contributed by atoms with Crippen LogP contribution in [-0.2, 0) is 20.1 Å². The monoisotopic (exact) mass is 631 g/mol. The van der Waals surface area contributed by atoms with E-state index in [0.717, 1.165) is 28.0 Å². The largest absolute Gasteiger partial charge is 0.494 e. The molecule has 0 spiro atoms.